The number of amides is 2. The summed E-state index contributed by atoms with van der Waals surface area (Å²) >= 11 is 1.41. The van der Waals surface area contributed by atoms with E-state index in [-0.39, 0.29) is 17.6 Å². The summed E-state index contributed by atoms with van der Waals surface area (Å²) in [6.07, 6.45) is 4.02. The molecule has 158 valence electrons. The van der Waals surface area contributed by atoms with Crippen LogP contribution in [0.5, 0.6) is 0 Å². The maximum atomic E-state index is 12.8. The average molecular weight is 429 g/mol. The molecule has 0 bridgehead atoms. The van der Waals surface area contributed by atoms with Crippen LogP contribution in [0.2, 0.25) is 0 Å². The van der Waals surface area contributed by atoms with Crippen LogP contribution >= 0.6 is 11.3 Å². The first-order chi connectivity index (χ1) is 14.4. The average Bonchev–Trinajstić information content (AvgIpc) is 3.09. The second kappa shape index (κ2) is 9.67. The summed E-state index contributed by atoms with van der Waals surface area (Å²) in [6.45, 7) is 2.75. The zero-order valence-electron chi connectivity index (χ0n) is 17.0. The van der Waals surface area contributed by atoms with Crippen LogP contribution in [-0.4, -0.2) is 30.2 Å². The maximum absolute atomic E-state index is 12.8. The van der Waals surface area contributed by atoms with Gasteiger partial charge in [0.2, 0.25) is 11.8 Å². The Hall–Kier alpha value is -3.00. The SMILES string of the molecule is CCC(=O)Nc1ccc(C(=O)COC(=O)c2c(NC(C)=O)sc3c2CCCC3)cc1. The van der Waals surface area contributed by atoms with Crippen molar-refractivity contribution in [1.82, 2.24) is 0 Å². The van der Waals surface area contributed by atoms with E-state index in [1.165, 1.54) is 18.3 Å². The number of carbonyl (C=O) groups is 4. The lowest BCUT2D eigenvalue weighted by Gasteiger charge is -2.12. The number of hydrogen-bond donors (Lipinski definition) is 2. The highest BCUT2D eigenvalue weighted by Gasteiger charge is 2.27. The molecule has 8 heteroatoms. The number of ketones is 1. The van der Waals surface area contributed by atoms with Gasteiger partial charge in [-0.25, -0.2) is 4.79 Å². The highest BCUT2D eigenvalue weighted by atomic mass is 32.1. The summed E-state index contributed by atoms with van der Waals surface area (Å²) in [5, 5.41) is 5.91. The number of nitrogens with one attached hydrogen (secondary N) is 2. The quantitative estimate of drug-likeness (QED) is 0.513. The number of hydrogen-bond acceptors (Lipinski definition) is 6. The predicted octanol–water partition coefficient (Wildman–Crippen LogP) is 3.97. The predicted molar refractivity (Wildman–Crippen MR) is 115 cm³/mol. The normalized spacial score (nSPS) is 12.6. The van der Waals surface area contributed by atoms with E-state index in [0.717, 1.165) is 36.1 Å². The molecule has 30 heavy (non-hydrogen) atoms. The third-order valence-electron chi connectivity index (χ3n) is 4.81. The van der Waals surface area contributed by atoms with Crippen LogP contribution in [0.3, 0.4) is 0 Å². The van der Waals surface area contributed by atoms with Gasteiger partial charge in [0.05, 0.1) is 5.56 Å². The molecule has 0 unspecified atom stereocenters. The number of Topliss-reactive ketones (excluding diaryl/α,β-unsaturated/α-hetero) is 1. The molecule has 1 aliphatic rings. The Kier molecular flexibility index (Phi) is 6.99. The number of thiophene rings is 1. The Balaban J connectivity index is 1.68. The first-order valence-corrected chi connectivity index (χ1v) is 10.7. The smallest absolute Gasteiger partial charge is 0.341 e. The van der Waals surface area contributed by atoms with Gasteiger partial charge in [0, 0.05) is 29.5 Å². The summed E-state index contributed by atoms with van der Waals surface area (Å²) in [7, 11) is 0. The van der Waals surface area contributed by atoms with Crippen LogP contribution in [0.25, 0.3) is 0 Å². The fourth-order valence-electron chi connectivity index (χ4n) is 3.31. The van der Waals surface area contributed by atoms with Crippen LogP contribution in [-0.2, 0) is 27.2 Å². The number of benzene rings is 1. The van der Waals surface area contributed by atoms with E-state index >= 15 is 0 Å². The molecule has 1 heterocycles. The lowest BCUT2D eigenvalue weighted by Crippen LogP contribution is -2.17. The van der Waals surface area contributed by atoms with E-state index in [4.69, 9.17) is 4.74 Å². The van der Waals surface area contributed by atoms with E-state index in [0.29, 0.717) is 28.2 Å². The van der Waals surface area contributed by atoms with E-state index in [1.54, 1.807) is 31.2 Å². The van der Waals surface area contributed by atoms with Crippen LogP contribution in [0, 0.1) is 0 Å². The monoisotopic (exact) mass is 428 g/mol. The molecule has 0 fully saturated rings. The Bertz CT molecular complexity index is 978. The highest BCUT2D eigenvalue weighted by molar-refractivity contribution is 7.17. The minimum atomic E-state index is -0.599. The molecular formula is C22H24N2O5S. The van der Waals surface area contributed by atoms with Gasteiger partial charge in [-0.05, 0) is 55.5 Å². The fourth-order valence-corrected chi connectivity index (χ4v) is 4.63. The lowest BCUT2D eigenvalue weighted by molar-refractivity contribution is -0.116. The number of anilines is 2. The van der Waals surface area contributed by atoms with Gasteiger partial charge < -0.3 is 15.4 Å². The topological polar surface area (TPSA) is 102 Å². The van der Waals surface area contributed by atoms with Crippen molar-refractivity contribution >= 4 is 45.6 Å². The molecule has 0 saturated carbocycles. The molecule has 0 aliphatic heterocycles. The minimum Gasteiger partial charge on any atom is -0.454 e. The minimum absolute atomic E-state index is 0.114. The zero-order valence-corrected chi connectivity index (χ0v) is 17.8. The number of carbonyl (C=O) groups excluding carboxylic acids is 4. The molecule has 3 rings (SSSR count). The Morgan fingerprint density at radius 3 is 2.40 bits per heavy atom. The zero-order chi connectivity index (χ0) is 21.7. The van der Waals surface area contributed by atoms with Crippen LogP contribution in [0.1, 0.15) is 64.3 Å². The summed E-state index contributed by atoms with van der Waals surface area (Å²) in [6, 6.07) is 6.42. The van der Waals surface area contributed by atoms with Crippen molar-refractivity contribution in [3.63, 3.8) is 0 Å². The molecule has 2 aromatic rings. The van der Waals surface area contributed by atoms with E-state index in [2.05, 4.69) is 10.6 Å². The van der Waals surface area contributed by atoms with E-state index < -0.39 is 12.6 Å². The molecule has 7 nitrogen and oxygen atoms in total. The van der Waals surface area contributed by atoms with Crippen molar-refractivity contribution in [2.75, 3.05) is 17.2 Å². The van der Waals surface area contributed by atoms with Crippen LogP contribution in [0.4, 0.5) is 10.7 Å². The van der Waals surface area contributed by atoms with Crippen molar-refractivity contribution < 1.29 is 23.9 Å². The number of aryl methyl sites for hydroxylation is 1. The molecule has 0 saturated heterocycles. The third-order valence-corrected chi connectivity index (χ3v) is 6.02. The number of ether oxygens (including phenoxy) is 1. The molecule has 1 aromatic carbocycles. The van der Waals surface area contributed by atoms with Gasteiger partial charge in [0.25, 0.3) is 0 Å². The number of esters is 1. The summed E-state index contributed by atoms with van der Waals surface area (Å²) < 4.78 is 5.30. The molecule has 1 aliphatic carbocycles. The van der Waals surface area contributed by atoms with Crippen molar-refractivity contribution in [1.29, 1.82) is 0 Å². The summed E-state index contributed by atoms with van der Waals surface area (Å²) in [4.78, 5) is 49.2. The van der Waals surface area contributed by atoms with Gasteiger partial charge in [0.15, 0.2) is 12.4 Å². The standard InChI is InChI=1S/C22H24N2O5S/c1-3-19(27)24-15-10-8-14(9-11-15)17(26)12-29-22(28)20-16-6-4-5-7-18(16)30-21(20)23-13(2)25/h8-11H,3-7,12H2,1-2H3,(H,23,25)(H,24,27). The largest absolute Gasteiger partial charge is 0.454 e. The van der Waals surface area contributed by atoms with Crippen molar-refractivity contribution in [2.24, 2.45) is 0 Å². The van der Waals surface area contributed by atoms with Gasteiger partial charge in [0.1, 0.15) is 5.00 Å². The van der Waals surface area contributed by atoms with Gasteiger partial charge >= 0.3 is 5.97 Å². The van der Waals surface area contributed by atoms with E-state index in [9.17, 15) is 19.2 Å². The lowest BCUT2D eigenvalue weighted by atomic mass is 9.95. The first kappa shape index (κ1) is 21.7. The highest BCUT2D eigenvalue weighted by Crippen LogP contribution is 2.38. The summed E-state index contributed by atoms with van der Waals surface area (Å²) in [5.41, 5.74) is 2.27. The Labute approximate surface area is 178 Å². The van der Waals surface area contributed by atoms with Gasteiger partial charge in [-0.3, -0.25) is 14.4 Å². The fraction of sp³-hybridized carbons (Fsp3) is 0.364. The molecule has 1 aromatic heterocycles. The molecular weight excluding hydrogens is 404 g/mol. The van der Waals surface area contributed by atoms with Gasteiger partial charge in [-0.15, -0.1) is 11.3 Å². The second-order valence-electron chi connectivity index (χ2n) is 7.07. The molecule has 0 spiro atoms. The van der Waals surface area contributed by atoms with Crippen molar-refractivity contribution in [2.45, 2.75) is 46.0 Å². The van der Waals surface area contributed by atoms with Crippen molar-refractivity contribution in [3.05, 3.63) is 45.8 Å². The van der Waals surface area contributed by atoms with Crippen LogP contribution in [0.15, 0.2) is 24.3 Å². The maximum Gasteiger partial charge on any atom is 0.341 e. The molecule has 2 N–H and O–H groups in total. The van der Waals surface area contributed by atoms with Crippen LogP contribution < -0.4 is 10.6 Å². The van der Waals surface area contributed by atoms with Gasteiger partial charge in [-0.2, -0.15) is 0 Å². The van der Waals surface area contributed by atoms with Gasteiger partial charge in [-0.1, -0.05) is 6.92 Å². The first-order valence-electron chi connectivity index (χ1n) is 9.91. The molecule has 0 atom stereocenters. The second-order valence-corrected chi connectivity index (χ2v) is 8.18. The summed E-state index contributed by atoms with van der Waals surface area (Å²) in [5.74, 6) is -1.31. The number of rotatable bonds is 7. The molecule has 2 amide bonds. The Morgan fingerprint density at radius 1 is 1.03 bits per heavy atom. The van der Waals surface area contributed by atoms with Crippen molar-refractivity contribution in [3.8, 4) is 0 Å². The number of fused-ring (bicyclic) bond motifs is 1. The molecule has 0 radical (unpaired) electrons. The van der Waals surface area contributed by atoms with E-state index in [1.807, 2.05) is 0 Å². The third kappa shape index (κ3) is 5.13. The Morgan fingerprint density at radius 2 is 1.73 bits per heavy atom.